The first kappa shape index (κ1) is 13.6. The van der Waals surface area contributed by atoms with Crippen LogP contribution in [-0.4, -0.2) is 9.55 Å². The van der Waals surface area contributed by atoms with Crippen molar-refractivity contribution in [2.45, 2.75) is 12.8 Å². The van der Waals surface area contributed by atoms with Crippen molar-refractivity contribution < 1.29 is 4.39 Å². The Morgan fingerprint density at radius 2 is 1.95 bits per heavy atom. The zero-order valence-corrected chi connectivity index (χ0v) is 13.0. The molecular formula is C15H11BrClFN2. The zero-order chi connectivity index (χ0) is 14.3. The quantitative estimate of drug-likeness (QED) is 0.594. The largest absolute Gasteiger partial charge is 0.295 e. The van der Waals surface area contributed by atoms with Crippen LogP contribution in [0, 0.1) is 12.7 Å². The van der Waals surface area contributed by atoms with Gasteiger partial charge in [0.1, 0.15) is 11.6 Å². The van der Waals surface area contributed by atoms with Gasteiger partial charge in [0.05, 0.1) is 16.9 Å². The molecule has 0 saturated heterocycles. The normalized spacial score (nSPS) is 11.2. The molecule has 0 N–H and O–H groups in total. The fourth-order valence-corrected chi connectivity index (χ4v) is 2.66. The average molecular weight is 354 g/mol. The number of fused-ring (bicyclic) bond motifs is 1. The first-order valence-corrected chi connectivity index (χ1v) is 7.42. The maximum absolute atomic E-state index is 13.7. The van der Waals surface area contributed by atoms with Crippen LogP contribution in [0.3, 0.4) is 0 Å². The average Bonchev–Trinajstić information content (AvgIpc) is 2.78. The lowest BCUT2D eigenvalue weighted by molar-refractivity contribution is 0.620. The lowest BCUT2D eigenvalue weighted by atomic mass is 10.2. The highest BCUT2D eigenvalue weighted by Crippen LogP contribution is 2.26. The summed E-state index contributed by atoms with van der Waals surface area (Å²) < 4.78 is 16.6. The van der Waals surface area contributed by atoms with E-state index in [0.717, 1.165) is 15.7 Å². The second-order valence-corrected chi connectivity index (χ2v) is 5.75. The van der Waals surface area contributed by atoms with E-state index >= 15 is 0 Å². The van der Waals surface area contributed by atoms with Gasteiger partial charge in [-0.1, -0.05) is 15.9 Å². The summed E-state index contributed by atoms with van der Waals surface area (Å²) in [6.07, 6.45) is 0. The molecule has 0 aliphatic rings. The molecule has 2 nitrogen and oxygen atoms in total. The standard InChI is InChI=1S/C15H11BrClFN2/c1-9-6-14-13(7-12(9)18)19-15(8-17)20(14)11-4-2-10(16)3-5-11/h2-7H,8H2,1H3. The summed E-state index contributed by atoms with van der Waals surface area (Å²) in [6.45, 7) is 1.74. The predicted octanol–water partition coefficient (Wildman–Crippen LogP) is 4.97. The molecule has 0 amide bonds. The summed E-state index contributed by atoms with van der Waals surface area (Å²) in [7, 11) is 0. The van der Waals surface area contributed by atoms with Crippen molar-refractivity contribution in [3.05, 3.63) is 58.1 Å². The van der Waals surface area contributed by atoms with Gasteiger partial charge in [0.15, 0.2) is 0 Å². The summed E-state index contributed by atoms with van der Waals surface area (Å²) in [6, 6.07) is 11.1. The van der Waals surface area contributed by atoms with Crippen LogP contribution in [0.1, 0.15) is 11.4 Å². The van der Waals surface area contributed by atoms with E-state index in [9.17, 15) is 4.39 Å². The topological polar surface area (TPSA) is 17.8 Å². The number of imidazole rings is 1. The Morgan fingerprint density at radius 1 is 1.25 bits per heavy atom. The van der Waals surface area contributed by atoms with Crippen molar-refractivity contribution in [2.24, 2.45) is 0 Å². The molecule has 2 aromatic carbocycles. The van der Waals surface area contributed by atoms with Gasteiger partial charge in [-0.3, -0.25) is 4.57 Å². The minimum atomic E-state index is -0.251. The van der Waals surface area contributed by atoms with Crippen LogP contribution in [0.25, 0.3) is 16.7 Å². The lowest BCUT2D eigenvalue weighted by Gasteiger charge is -2.08. The molecule has 5 heteroatoms. The fourth-order valence-electron chi connectivity index (χ4n) is 2.22. The molecule has 0 radical (unpaired) electrons. The second kappa shape index (κ2) is 5.19. The van der Waals surface area contributed by atoms with E-state index in [2.05, 4.69) is 20.9 Å². The summed E-state index contributed by atoms with van der Waals surface area (Å²) in [5.74, 6) is 0.721. The van der Waals surface area contributed by atoms with Crippen LogP contribution in [0.15, 0.2) is 40.9 Å². The maximum atomic E-state index is 13.7. The van der Waals surface area contributed by atoms with Crippen molar-refractivity contribution in [3.8, 4) is 5.69 Å². The number of aromatic nitrogens is 2. The molecule has 0 atom stereocenters. The molecule has 0 bridgehead atoms. The number of hydrogen-bond acceptors (Lipinski definition) is 1. The van der Waals surface area contributed by atoms with Crippen LogP contribution in [0.4, 0.5) is 4.39 Å². The molecule has 0 aliphatic heterocycles. The molecule has 0 spiro atoms. The first-order chi connectivity index (χ1) is 9.60. The van der Waals surface area contributed by atoms with Gasteiger partial charge in [-0.2, -0.15) is 0 Å². The lowest BCUT2D eigenvalue weighted by Crippen LogP contribution is -1.99. The van der Waals surface area contributed by atoms with Gasteiger partial charge >= 0.3 is 0 Å². The van der Waals surface area contributed by atoms with Crippen LogP contribution >= 0.6 is 27.5 Å². The van der Waals surface area contributed by atoms with Gasteiger partial charge in [-0.05, 0) is 42.8 Å². The van der Waals surface area contributed by atoms with Crippen molar-refractivity contribution in [1.82, 2.24) is 9.55 Å². The maximum Gasteiger partial charge on any atom is 0.129 e. The van der Waals surface area contributed by atoms with Crippen LogP contribution in [-0.2, 0) is 5.88 Å². The molecule has 20 heavy (non-hydrogen) atoms. The van der Waals surface area contributed by atoms with E-state index in [0.29, 0.717) is 16.9 Å². The summed E-state index contributed by atoms with van der Waals surface area (Å²) >= 11 is 9.39. The number of hydrogen-bond donors (Lipinski definition) is 0. The first-order valence-electron chi connectivity index (χ1n) is 6.09. The van der Waals surface area contributed by atoms with Gasteiger partial charge in [0.25, 0.3) is 0 Å². The molecule has 0 fully saturated rings. The molecule has 3 aromatic rings. The van der Waals surface area contributed by atoms with E-state index in [1.807, 2.05) is 28.8 Å². The number of rotatable bonds is 2. The Bertz CT molecular complexity index is 781. The van der Waals surface area contributed by atoms with Gasteiger partial charge in [0, 0.05) is 16.2 Å². The fraction of sp³-hybridized carbons (Fsp3) is 0.133. The zero-order valence-electron chi connectivity index (χ0n) is 10.7. The van der Waals surface area contributed by atoms with Gasteiger partial charge in [0.2, 0.25) is 0 Å². The Labute approximate surface area is 129 Å². The highest BCUT2D eigenvalue weighted by atomic mass is 79.9. The highest BCUT2D eigenvalue weighted by molar-refractivity contribution is 9.10. The summed E-state index contributed by atoms with van der Waals surface area (Å²) in [4.78, 5) is 4.41. The molecule has 0 aliphatic carbocycles. The van der Waals surface area contributed by atoms with Gasteiger partial charge < -0.3 is 0 Å². The predicted molar refractivity (Wildman–Crippen MR) is 83.0 cm³/mol. The van der Waals surface area contributed by atoms with Crippen LogP contribution in [0.2, 0.25) is 0 Å². The van der Waals surface area contributed by atoms with Crippen molar-refractivity contribution in [2.75, 3.05) is 0 Å². The third kappa shape index (κ3) is 2.23. The van der Waals surface area contributed by atoms with E-state index in [1.165, 1.54) is 6.07 Å². The number of aryl methyl sites for hydroxylation is 1. The number of benzene rings is 2. The molecular weight excluding hydrogens is 343 g/mol. The number of halogens is 3. The molecule has 0 unspecified atom stereocenters. The van der Waals surface area contributed by atoms with E-state index in [1.54, 1.807) is 13.0 Å². The van der Waals surface area contributed by atoms with Crippen LogP contribution in [0.5, 0.6) is 0 Å². The Morgan fingerprint density at radius 3 is 2.60 bits per heavy atom. The van der Waals surface area contributed by atoms with Crippen molar-refractivity contribution in [1.29, 1.82) is 0 Å². The van der Waals surface area contributed by atoms with Crippen LogP contribution < -0.4 is 0 Å². The number of nitrogens with zero attached hydrogens (tertiary/aromatic N) is 2. The third-order valence-corrected chi connectivity index (χ3v) is 3.98. The highest BCUT2D eigenvalue weighted by Gasteiger charge is 2.13. The SMILES string of the molecule is Cc1cc2c(cc1F)nc(CCl)n2-c1ccc(Br)cc1. The number of alkyl halides is 1. The van der Waals surface area contributed by atoms with Gasteiger partial charge in [-0.15, -0.1) is 11.6 Å². The molecule has 1 heterocycles. The molecule has 3 rings (SSSR count). The Kier molecular flexibility index (Phi) is 3.52. The van der Waals surface area contributed by atoms with E-state index < -0.39 is 0 Å². The Hall–Kier alpha value is -1.39. The molecule has 0 saturated carbocycles. The van der Waals surface area contributed by atoms with Crippen molar-refractivity contribution >= 4 is 38.6 Å². The molecule has 102 valence electrons. The van der Waals surface area contributed by atoms with Crippen molar-refractivity contribution in [3.63, 3.8) is 0 Å². The summed E-state index contributed by atoms with van der Waals surface area (Å²) in [5.41, 5.74) is 3.03. The minimum absolute atomic E-state index is 0.251. The summed E-state index contributed by atoms with van der Waals surface area (Å²) in [5, 5.41) is 0. The Balaban J connectivity index is 2.32. The van der Waals surface area contributed by atoms with Gasteiger partial charge in [-0.25, -0.2) is 9.37 Å². The van der Waals surface area contributed by atoms with E-state index in [-0.39, 0.29) is 11.7 Å². The minimum Gasteiger partial charge on any atom is -0.295 e. The smallest absolute Gasteiger partial charge is 0.129 e. The third-order valence-electron chi connectivity index (χ3n) is 3.21. The van der Waals surface area contributed by atoms with E-state index in [4.69, 9.17) is 11.6 Å². The molecule has 1 aromatic heterocycles. The monoisotopic (exact) mass is 352 g/mol. The second-order valence-electron chi connectivity index (χ2n) is 4.56.